The molecular formula is C19H25FN2O2. The van der Waals surface area contributed by atoms with E-state index < -0.39 is 0 Å². The smallest absolute Gasteiger partial charge is 0.253 e. The van der Waals surface area contributed by atoms with Gasteiger partial charge in [0.15, 0.2) is 0 Å². The van der Waals surface area contributed by atoms with Crippen LogP contribution in [0.5, 0.6) is 0 Å². The van der Waals surface area contributed by atoms with E-state index in [1.807, 2.05) is 4.90 Å². The quantitative estimate of drug-likeness (QED) is 0.835. The number of hydrogen-bond donors (Lipinski definition) is 0. The topological polar surface area (TPSA) is 40.6 Å². The molecule has 3 rings (SSSR count). The summed E-state index contributed by atoms with van der Waals surface area (Å²) < 4.78 is 13.0. The van der Waals surface area contributed by atoms with Crippen LogP contribution < -0.4 is 0 Å². The summed E-state index contributed by atoms with van der Waals surface area (Å²) in [4.78, 5) is 29.1. The molecule has 0 spiro atoms. The summed E-state index contributed by atoms with van der Waals surface area (Å²) in [7, 11) is 0. The summed E-state index contributed by atoms with van der Waals surface area (Å²) >= 11 is 0. The molecule has 0 unspecified atom stereocenters. The molecule has 1 aromatic carbocycles. The van der Waals surface area contributed by atoms with Gasteiger partial charge in [-0.15, -0.1) is 0 Å². The second kappa shape index (κ2) is 7.77. The van der Waals surface area contributed by atoms with Gasteiger partial charge < -0.3 is 9.80 Å². The van der Waals surface area contributed by atoms with Crippen molar-refractivity contribution in [2.45, 2.75) is 38.5 Å². The molecule has 0 bridgehead atoms. The number of carbonyl (C=O) groups excluding carboxylic acids is 2. The zero-order valence-electron chi connectivity index (χ0n) is 14.0. The van der Waals surface area contributed by atoms with Crippen molar-refractivity contribution < 1.29 is 14.0 Å². The van der Waals surface area contributed by atoms with E-state index in [1.54, 1.807) is 4.90 Å². The van der Waals surface area contributed by atoms with E-state index in [0.717, 1.165) is 38.8 Å². The third-order valence-electron chi connectivity index (χ3n) is 5.07. The van der Waals surface area contributed by atoms with E-state index in [0.29, 0.717) is 18.7 Å². The Morgan fingerprint density at radius 1 is 0.875 bits per heavy atom. The second-order valence-electron chi connectivity index (χ2n) is 6.84. The number of carbonyl (C=O) groups is 2. The number of nitrogens with zero attached hydrogens (tertiary/aromatic N) is 2. The van der Waals surface area contributed by atoms with E-state index in [-0.39, 0.29) is 23.5 Å². The molecule has 2 heterocycles. The fraction of sp³-hybridized carbons (Fsp3) is 0.579. The highest BCUT2D eigenvalue weighted by atomic mass is 19.1. The first-order valence-corrected chi connectivity index (χ1v) is 8.99. The van der Waals surface area contributed by atoms with Gasteiger partial charge >= 0.3 is 0 Å². The van der Waals surface area contributed by atoms with Crippen molar-refractivity contribution in [2.75, 3.05) is 26.2 Å². The van der Waals surface area contributed by atoms with Crippen LogP contribution in [0.3, 0.4) is 0 Å². The maximum Gasteiger partial charge on any atom is 0.253 e. The molecule has 24 heavy (non-hydrogen) atoms. The monoisotopic (exact) mass is 332 g/mol. The Kier molecular flexibility index (Phi) is 5.48. The number of piperidine rings is 1. The molecule has 2 saturated heterocycles. The molecule has 2 amide bonds. The van der Waals surface area contributed by atoms with Gasteiger partial charge in [-0.25, -0.2) is 4.39 Å². The average molecular weight is 332 g/mol. The number of likely N-dealkylation sites (tertiary alicyclic amines) is 2. The fourth-order valence-electron chi connectivity index (χ4n) is 3.69. The molecule has 1 atom stereocenters. The van der Waals surface area contributed by atoms with Gasteiger partial charge in [0.05, 0.1) is 5.92 Å². The standard InChI is InChI=1S/C19H25FN2O2/c20-17-9-7-15(8-10-17)18(23)22-13-5-6-16(14-22)19(24)21-11-3-1-2-4-12-21/h7-10,16H,1-6,11-14H2/t16-/m0/s1. The molecule has 2 aliphatic rings. The minimum absolute atomic E-state index is 0.0961. The molecule has 0 N–H and O–H groups in total. The summed E-state index contributed by atoms with van der Waals surface area (Å²) in [5.74, 6) is -0.350. The number of hydrogen-bond acceptors (Lipinski definition) is 2. The highest BCUT2D eigenvalue weighted by Crippen LogP contribution is 2.22. The Bertz CT molecular complexity index is 580. The largest absolute Gasteiger partial charge is 0.342 e. The molecule has 5 heteroatoms. The van der Waals surface area contributed by atoms with Gasteiger partial charge in [-0.1, -0.05) is 12.8 Å². The summed E-state index contributed by atoms with van der Waals surface area (Å²) in [6.07, 6.45) is 6.25. The van der Waals surface area contributed by atoms with Crippen LogP contribution in [0.4, 0.5) is 4.39 Å². The third kappa shape index (κ3) is 3.94. The van der Waals surface area contributed by atoms with Gasteiger partial charge in [0.25, 0.3) is 5.91 Å². The second-order valence-corrected chi connectivity index (χ2v) is 6.84. The van der Waals surface area contributed by atoms with Crippen molar-refractivity contribution in [1.82, 2.24) is 9.80 Å². The van der Waals surface area contributed by atoms with Crippen molar-refractivity contribution in [3.63, 3.8) is 0 Å². The number of amides is 2. The lowest BCUT2D eigenvalue weighted by Gasteiger charge is -2.34. The van der Waals surface area contributed by atoms with Crippen molar-refractivity contribution in [3.05, 3.63) is 35.6 Å². The van der Waals surface area contributed by atoms with Gasteiger partial charge in [0.2, 0.25) is 5.91 Å². The summed E-state index contributed by atoms with van der Waals surface area (Å²) in [6.45, 7) is 2.84. The van der Waals surface area contributed by atoms with Crippen molar-refractivity contribution in [3.8, 4) is 0 Å². The third-order valence-corrected chi connectivity index (χ3v) is 5.07. The Morgan fingerprint density at radius 3 is 2.17 bits per heavy atom. The lowest BCUT2D eigenvalue weighted by atomic mass is 9.95. The highest BCUT2D eigenvalue weighted by molar-refractivity contribution is 5.94. The SMILES string of the molecule is O=C(c1ccc(F)cc1)N1CCC[C@H](C(=O)N2CCCCCC2)C1. The number of halogens is 1. The van der Waals surface area contributed by atoms with Crippen LogP contribution in [-0.4, -0.2) is 47.8 Å². The van der Waals surface area contributed by atoms with Gasteiger partial charge in [0, 0.05) is 31.7 Å². The molecule has 1 aromatic rings. The molecule has 2 aliphatic heterocycles. The number of benzene rings is 1. The minimum Gasteiger partial charge on any atom is -0.342 e. The zero-order valence-corrected chi connectivity index (χ0v) is 14.0. The maximum absolute atomic E-state index is 13.0. The van der Waals surface area contributed by atoms with Crippen LogP contribution in [0.1, 0.15) is 48.9 Å². The van der Waals surface area contributed by atoms with Crippen LogP contribution in [0, 0.1) is 11.7 Å². The van der Waals surface area contributed by atoms with Crippen LogP contribution in [0.2, 0.25) is 0 Å². The van der Waals surface area contributed by atoms with Gasteiger partial charge in [-0.05, 0) is 49.9 Å². The first-order valence-electron chi connectivity index (χ1n) is 8.99. The fourth-order valence-corrected chi connectivity index (χ4v) is 3.69. The van der Waals surface area contributed by atoms with E-state index in [9.17, 15) is 14.0 Å². The van der Waals surface area contributed by atoms with Crippen LogP contribution in [0.25, 0.3) is 0 Å². The predicted octanol–water partition coefficient (Wildman–Crippen LogP) is 3.08. The molecule has 2 fully saturated rings. The Balaban J connectivity index is 1.64. The average Bonchev–Trinajstić information content (AvgIpc) is 2.90. The Labute approximate surface area is 142 Å². The van der Waals surface area contributed by atoms with Gasteiger partial charge in [-0.2, -0.15) is 0 Å². The number of rotatable bonds is 2. The summed E-state index contributed by atoms with van der Waals surface area (Å²) in [6, 6.07) is 5.63. The van der Waals surface area contributed by atoms with Crippen molar-refractivity contribution in [1.29, 1.82) is 0 Å². The van der Waals surface area contributed by atoms with E-state index in [1.165, 1.54) is 37.1 Å². The van der Waals surface area contributed by atoms with E-state index in [4.69, 9.17) is 0 Å². The molecule has 4 nitrogen and oxygen atoms in total. The summed E-state index contributed by atoms with van der Waals surface area (Å²) in [5, 5.41) is 0. The highest BCUT2D eigenvalue weighted by Gasteiger charge is 2.31. The zero-order chi connectivity index (χ0) is 16.9. The molecular weight excluding hydrogens is 307 g/mol. The molecule has 130 valence electrons. The van der Waals surface area contributed by atoms with Crippen molar-refractivity contribution >= 4 is 11.8 Å². The Morgan fingerprint density at radius 2 is 1.50 bits per heavy atom. The molecule has 0 aromatic heterocycles. The normalized spacial score (nSPS) is 22.1. The van der Waals surface area contributed by atoms with E-state index >= 15 is 0 Å². The minimum atomic E-state index is -0.348. The lowest BCUT2D eigenvalue weighted by molar-refractivity contribution is -0.136. The van der Waals surface area contributed by atoms with Crippen molar-refractivity contribution in [2.24, 2.45) is 5.92 Å². The first kappa shape index (κ1) is 16.9. The first-order chi connectivity index (χ1) is 11.6. The van der Waals surface area contributed by atoms with Gasteiger partial charge in [0.1, 0.15) is 5.82 Å². The molecule has 0 saturated carbocycles. The maximum atomic E-state index is 13.0. The van der Waals surface area contributed by atoms with Crippen LogP contribution in [0.15, 0.2) is 24.3 Å². The van der Waals surface area contributed by atoms with E-state index in [2.05, 4.69) is 0 Å². The summed E-state index contributed by atoms with van der Waals surface area (Å²) in [5.41, 5.74) is 0.485. The lowest BCUT2D eigenvalue weighted by Crippen LogP contribution is -2.47. The Hall–Kier alpha value is -1.91. The molecule has 0 aliphatic carbocycles. The molecule has 0 radical (unpaired) electrons. The van der Waals surface area contributed by atoms with Crippen LogP contribution >= 0.6 is 0 Å². The van der Waals surface area contributed by atoms with Crippen LogP contribution in [-0.2, 0) is 4.79 Å². The van der Waals surface area contributed by atoms with Gasteiger partial charge in [-0.3, -0.25) is 9.59 Å². The predicted molar refractivity (Wildman–Crippen MR) is 90.1 cm³/mol.